The van der Waals surface area contributed by atoms with Crippen molar-refractivity contribution in [1.29, 1.82) is 0 Å². The molecule has 5 nitrogen and oxygen atoms in total. The maximum Gasteiger partial charge on any atom is 0.238 e. The number of likely N-dealkylation sites (N-methyl/N-ethyl adjacent to an activating group) is 1. The van der Waals surface area contributed by atoms with Gasteiger partial charge in [0.15, 0.2) is 11.5 Å². The molecule has 0 aromatic heterocycles. The van der Waals surface area contributed by atoms with Gasteiger partial charge >= 0.3 is 0 Å². The molecule has 1 N–H and O–H groups in total. The first-order chi connectivity index (χ1) is 13.0. The van der Waals surface area contributed by atoms with Gasteiger partial charge in [-0.25, -0.2) is 0 Å². The van der Waals surface area contributed by atoms with Crippen molar-refractivity contribution in [3.8, 4) is 11.5 Å². The number of carbonyl (C=O) groups is 1. The Morgan fingerprint density at radius 1 is 1.04 bits per heavy atom. The van der Waals surface area contributed by atoms with Crippen LogP contribution in [0.3, 0.4) is 0 Å². The number of amides is 1. The number of carbonyl (C=O) groups excluding carboxylic acids is 1. The number of ether oxygens (including phenoxy) is 2. The Bertz CT molecular complexity index is 735. The highest BCUT2D eigenvalue weighted by atomic mass is 32.2. The SMILES string of the molecule is CCOc1ccc(NC(=O)CN(C)Cc2ccc(SC)cc2)cc1OCC. The minimum absolute atomic E-state index is 0.0650. The summed E-state index contributed by atoms with van der Waals surface area (Å²) in [6.07, 6.45) is 2.06. The van der Waals surface area contributed by atoms with Crippen LogP contribution in [-0.4, -0.2) is 43.9 Å². The highest BCUT2D eigenvalue weighted by Crippen LogP contribution is 2.30. The largest absolute Gasteiger partial charge is 0.490 e. The molecular formula is C21H28N2O3S. The smallest absolute Gasteiger partial charge is 0.238 e. The van der Waals surface area contributed by atoms with Crippen molar-refractivity contribution in [1.82, 2.24) is 4.90 Å². The van der Waals surface area contributed by atoms with Gasteiger partial charge in [0.1, 0.15) is 0 Å². The van der Waals surface area contributed by atoms with Crippen LogP contribution in [0.5, 0.6) is 11.5 Å². The predicted molar refractivity (Wildman–Crippen MR) is 112 cm³/mol. The van der Waals surface area contributed by atoms with Crippen molar-refractivity contribution in [2.24, 2.45) is 0 Å². The molecule has 0 fully saturated rings. The number of hydrogen-bond donors (Lipinski definition) is 1. The van der Waals surface area contributed by atoms with Gasteiger partial charge in [-0.3, -0.25) is 9.69 Å². The van der Waals surface area contributed by atoms with Crippen LogP contribution >= 0.6 is 11.8 Å². The normalized spacial score (nSPS) is 10.7. The summed E-state index contributed by atoms with van der Waals surface area (Å²) in [6.45, 7) is 5.97. The van der Waals surface area contributed by atoms with Crippen molar-refractivity contribution in [2.45, 2.75) is 25.3 Å². The molecule has 0 unspecified atom stereocenters. The van der Waals surface area contributed by atoms with Gasteiger partial charge in [0.2, 0.25) is 5.91 Å². The van der Waals surface area contributed by atoms with Gasteiger partial charge in [-0.05, 0) is 57.0 Å². The molecule has 0 spiro atoms. The fourth-order valence-corrected chi connectivity index (χ4v) is 3.08. The second kappa shape index (κ2) is 10.8. The van der Waals surface area contributed by atoms with Crippen LogP contribution in [0.15, 0.2) is 47.4 Å². The molecule has 27 heavy (non-hydrogen) atoms. The quantitative estimate of drug-likeness (QED) is 0.616. The van der Waals surface area contributed by atoms with Crippen LogP contribution < -0.4 is 14.8 Å². The summed E-state index contributed by atoms with van der Waals surface area (Å²) in [6, 6.07) is 13.8. The Labute approximate surface area is 166 Å². The average molecular weight is 389 g/mol. The van der Waals surface area contributed by atoms with E-state index in [1.807, 2.05) is 37.9 Å². The van der Waals surface area contributed by atoms with E-state index in [1.165, 1.54) is 10.5 Å². The van der Waals surface area contributed by atoms with E-state index in [-0.39, 0.29) is 5.91 Å². The molecule has 2 aromatic carbocycles. The Kier molecular flexibility index (Phi) is 8.48. The summed E-state index contributed by atoms with van der Waals surface area (Å²) in [5, 5.41) is 2.93. The standard InChI is InChI=1S/C21H28N2O3S/c1-5-25-19-12-9-17(13-20(19)26-6-2)22-21(24)15-23(3)14-16-7-10-18(27-4)11-8-16/h7-13H,5-6,14-15H2,1-4H3,(H,22,24). The van der Waals surface area contributed by atoms with E-state index in [2.05, 4.69) is 35.8 Å². The van der Waals surface area contributed by atoms with Crippen molar-refractivity contribution < 1.29 is 14.3 Å². The number of hydrogen-bond acceptors (Lipinski definition) is 5. The topological polar surface area (TPSA) is 50.8 Å². The first-order valence-corrected chi connectivity index (χ1v) is 10.3. The maximum atomic E-state index is 12.4. The zero-order chi connectivity index (χ0) is 19.6. The Hall–Kier alpha value is -2.18. The van der Waals surface area contributed by atoms with Crippen LogP contribution in [0.2, 0.25) is 0 Å². The lowest BCUT2D eigenvalue weighted by Gasteiger charge is -2.17. The molecule has 0 saturated heterocycles. The third kappa shape index (κ3) is 6.81. The van der Waals surface area contributed by atoms with Crippen molar-refractivity contribution >= 4 is 23.4 Å². The lowest BCUT2D eigenvalue weighted by atomic mass is 10.2. The molecule has 1 amide bonds. The first kappa shape index (κ1) is 21.1. The Morgan fingerprint density at radius 2 is 1.70 bits per heavy atom. The minimum atomic E-state index is -0.0650. The van der Waals surface area contributed by atoms with Gasteiger partial charge in [-0.2, -0.15) is 0 Å². The van der Waals surface area contributed by atoms with Gasteiger partial charge in [0.25, 0.3) is 0 Å². The van der Waals surface area contributed by atoms with Crippen LogP contribution in [0, 0.1) is 0 Å². The number of nitrogens with zero attached hydrogens (tertiary/aromatic N) is 1. The summed E-state index contributed by atoms with van der Waals surface area (Å²) in [5.74, 6) is 1.26. The van der Waals surface area contributed by atoms with E-state index in [9.17, 15) is 4.79 Å². The van der Waals surface area contributed by atoms with Crippen molar-refractivity contribution in [3.05, 3.63) is 48.0 Å². The summed E-state index contributed by atoms with van der Waals surface area (Å²) in [4.78, 5) is 15.6. The molecule has 146 valence electrons. The molecule has 0 atom stereocenters. The fourth-order valence-electron chi connectivity index (χ4n) is 2.67. The molecule has 0 radical (unpaired) electrons. The number of nitrogens with one attached hydrogen (secondary N) is 1. The minimum Gasteiger partial charge on any atom is -0.490 e. The van der Waals surface area contributed by atoms with Crippen molar-refractivity contribution in [2.75, 3.05) is 38.4 Å². The molecule has 2 aromatic rings. The number of rotatable bonds is 10. The number of benzene rings is 2. The van der Waals surface area contributed by atoms with Gasteiger partial charge in [0.05, 0.1) is 19.8 Å². The zero-order valence-electron chi connectivity index (χ0n) is 16.5. The first-order valence-electron chi connectivity index (χ1n) is 9.06. The Morgan fingerprint density at radius 3 is 2.33 bits per heavy atom. The van der Waals surface area contributed by atoms with Crippen LogP contribution in [-0.2, 0) is 11.3 Å². The molecule has 0 heterocycles. The second-order valence-corrected chi connectivity index (χ2v) is 6.98. The van der Waals surface area contributed by atoms with E-state index in [0.29, 0.717) is 36.9 Å². The highest BCUT2D eigenvalue weighted by molar-refractivity contribution is 7.98. The molecular weight excluding hydrogens is 360 g/mol. The van der Waals surface area contributed by atoms with E-state index in [1.54, 1.807) is 17.8 Å². The van der Waals surface area contributed by atoms with E-state index in [0.717, 1.165) is 6.54 Å². The summed E-state index contributed by atoms with van der Waals surface area (Å²) < 4.78 is 11.2. The van der Waals surface area contributed by atoms with E-state index in [4.69, 9.17) is 9.47 Å². The monoisotopic (exact) mass is 388 g/mol. The highest BCUT2D eigenvalue weighted by Gasteiger charge is 2.11. The van der Waals surface area contributed by atoms with Gasteiger partial charge in [0, 0.05) is 23.2 Å². The van der Waals surface area contributed by atoms with Crippen molar-refractivity contribution in [3.63, 3.8) is 0 Å². The Balaban J connectivity index is 1.92. The van der Waals surface area contributed by atoms with Gasteiger partial charge < -0.3 is 14.8 Å². The molecule has 6 heteroatoms. The summed E-state index contributed by atoms with van der Waals surface area (Å²) in [7, 11) is 1.94. The van der Waals surface area contributed by atoms with Crippen LogP contribution in [0.4, 0.5) is 5.69 Å². The molecule has 0 saturated carbocycles. The number of anilines is 1. The number of thioether (sulfide) groups is 1. The summed E-state index contributed by atoms with van der Waals surface area (Å²) >= 11 is 1.72. The third-order valence-electron chi connectivity index (χ3n) is 3.85. The molecule has 0 aliphatic carbocycles. The fraction of sp³-hybridized carbons (Fsp3) is 0.381. The lowest BCUT2D eigenvalue weighted by molar-refractivity contribution is -0.117. The molecule has 0 aliphatic heterocycles. The lowest BCUT2D eigenvalue weighted by Crippen LogP contribution is -2.29. The maximum absolute atomic E-state index is 12.4. The predicted octanol–water partition coefficient (Wildman–Crippen LogP) is 4.28. The second-order valence-electron chi connectivity index (χ2n) is 6.10. The summed E-state index contributed by atoms with van der Waals surface area (Å²) in [5.41, 5.74) is 1.88. The van der Waals surface area contributed by atoms with Gasteiger partial charge in [-0.1, -0.05) is 12.1 Å². The molecule has 0 aliphatic rings. The molecule has 2 rings (SSSR count). The average Bonchev–Trinajstić information content (AvgIpc) is 2.64. The third-order valence-corrected chi connectivity index (χ3v) is 4.60. The van der Waals surface area contributed by atoms with E-state index < -0.39 is 0 Å². The van der Waals surface area contributed by atoms with Gasteiger partial charge in [-0.15, -0.1) is 11.8 Å². The molecule has 0 bridgehead atoms. The van der Waals surface area contributed by atoms with E-state index >= 15 is 0 Å². The van der Waals surface area contributed by atoms with Crippen LogP contribution in [0.1, 0.15) is 19.4 Å². The van der Waals surface area contributed by atoms with Crippen LogP contribution in [0.25, 0.3) is 0 Å². The zero-order valence-corrected chi connectivity index (χ0v) is 17.3.